The lowest BCUT2D eigenvalue weighted by molar-refractivity contribution is 0.337. The monoisotopic (exact) mass is 363 g/mol. The van der Waals surface area contributed by atoms with Gasteiger partial charge < -0.3 is 4.52 Å². The zero-order valence-corrected chi connectivity index (χ0v) is 14.3. The Kier molecular flexibility index (Phi) is 4.66. The van der Waals surface area contributed by atoms with Crippen LogP contribution < -0.4 is 0 Å². The third kappa shape index (κ3) is 3.48. The molecule has 0 aliphatic heterocycles. The Morgan fingerprint density at radius 1 is 1.12 bits per heavy atom. The normalized spacial score (nSPS) is 11.8. The second-order valence-corrected chi connectivity index (χ2v) is 7.58. The maximum absolute atomic E-state index is 12.5. The van der Waals surface area contributed by atoms with Crippen molar-refractivity contribution in [2.24, 2.45) is 0 Å². The molecule has 0 radical (unpaired) electrons. The van der Waals surface area contributed by atoms with Crippen molar-refractivity contribution < 1.29 is 12.9 Å². The van der Waals surface area contributed by atoms with Crippen molar-refractivity contribution in [1.29, 1.82) is 0 Å². The molecule has 124 valence electrons. The van der Waals surface area contributed by atoms with Gasteiger partial charge in [-0.05, 0) is 24.3 Å². The van der Waals surface area contributed by atoms with Gasteiger partial charge in [0.25, 0.3) is 0 Å². The van der Waals surface area contributed by atoms with E-state index in [9.17, 15) is 8.42 Å². The Morgan fingerprint density at radius 3 is 2.58 bits per heavy atom. The molecule has 0 spiro atoms. The topological polar surface area (TPSA) is 76.3 Å². The van der Waals surface area contributed by atoms with Crippen LogP contribution in [0.5, 0.6) is 0 Å². The van der Waals surface area contributed by atoms with Gasteiger partial charge in [0.2, 0.25) is 21.7 Å². The summed E-state index contributed by atoms with van der Waals surface area (Å²) in [5.74, 6) is 0.560. The van der Waals surface area contributed by atoms with Crippen molar-refractivity contribution in [1.82, 2.24) is 14.4 Å². The van der Waals surface area contributed by atoms with Gasteiger partial charge in [-0.15, -0.1) is 0 Å². The molecule has 3 aromatic rings. The predicted molar refractivity (Wildman–Crippen MR) is 89.8 cm³/mol. The van der Waals surface area contributed by atoms with E-state index in [0.717, 1.165) is 4.31 Å². The number of halogens is 1. The average Bonchev–Trinajstić information content (AvgIpc) is 3.04. The number of hydrogen-bond acceptors (Lipinski definition) is 5. The second-order valence-electron chi connectivity index (χ2n) is 5.10. The van der Waals surface area contributed by atoms with Gasteiger partial charge in [0.1, 0.15) is 0 Å². The molecule has 0 N–H and O–H groups in total. The van der Waals surface area contributed by atoms with Crippen molar-refractivity contribution in [3.8, 4) is 11.4 Å². The van der Waals surface area contributed by atoms with Crippen LogP contribution in [0.25, 0.3) is 11.4 Å². The molecule has 3 rings (SSSR count). The summed E-state index contributed by atoms with van der Waals surface area (Å²) in [6.07, 6.45) is 0. The zero-order chi connectivity index (χ0) is 17.2. The molecule has 0 fully saturated rings. The van der Waals surface area contributed by atoms with E-state index in [1.807, 2.05) is 0 Å². The number of sulfonamides is 1. The number of aromatic nitrogens is 2. The van der Waals surface area contributed by atoms with Crippen LogP contribution in [-0.4, -0.2) is 29.9 Å². The molecule has 0 aliphatic rings. The van der Waals surface area contributed by atoms with Crippen LogP contribution in [0, 0.1) is 0 Å². The zero-order valence-electron chi connectivity index (χ0n) is 12.8. The number of hydrogen-bond donors (Lipinski definition) is 0. The lowest BCUT2D eigenvalue weighted by Gasteiger charge is -2.14. The highest BCUT2D eigenvalue weighted by Crippen LogP contribution is 2.21. The average molecular weight is 364 g/mol. The first-order valence-corrected chi connectivity index (χ1v) is 8.88. The predicted octanol–water partition coefficient (Wildman–Crippen LogP) is 3.21. The van der Waals surface area contributed by atoms with E-state index in [4.69, 9.17) is 16.1 Å². The van der Waals surface area contributed by atoms with E-state index in [0.29, 0.717) is 16.4 Å². The van der Waals surface area contributed by atoms with E-state index >= 15 is 0 Å². The molecule has 0 atom stereocenters. The molecule has 8 heteroatoms. The molecule has 0 saturated carbocycles. The van der Waals surface area contributed by atoms with Crippen molar-refractivity contribution in [3.63, 3.8) is 0 Å². The Morgan fingerprint density at radius 2 is 1.88 bits per heavy atom. The quantitative estimate of drug-likeness (QED) is 0.695. The largest absolute Gasteiger partial charge is 0.338 e. The minimum atomic E-state index is -3.61. The fraction of sp³-hybridized carbons (Fsp3) is 0.125. The highest BCUT2D eigenvalue weighted by molar-refractivity contribution is 7.89. The highest BCUT2D eigenvalue weighted by Gasteiger charge is 2.23. The molecule has 6 nitrogen and oxygen atoms in total. The van der Waals surface area contributed by atoms with Crippen molar-refractivity contribution in [3.05, 3.63) is 65.5 Å². The lowest BCUT2D eigenvalue weighted by atomic mass is 10.2. The van der Waals surface area contributed by atoms with Crippen LogP contribution in [0.1, 0.15) is 5.89 Å². The molecule has 1 heterocycles. The summed E-state index contributed by atoms with van der Waals surface area (Å²) in [5.41, 5.74) is 0.700. The van der Waals surface area contributed by atoms with Crippen LogP contribution in [0.3, 0.4) is 0 Å². The van der Waals surface area contributed by atoms with Crippen LogP contribution in [-0.2, 0) is 16.6 Å². The van der Waals surface area contributed by atoms with Crippen LogP contribution in [0.4, 0.5) is 0 Å². The molecular weight excluding hydrogens is 350 g/mol. The molecule has 0 bridgehead atoms. The van der Waals surface area contributed by atoms with Gasteiger partial charge >= 0.3 is 0 Å². The van der Waals surface area contributed by atoms with Gasteiger partial charge in [-0.25, -0.2) is 8.42 Å². The number of benzene rings is 2. The van der Waals surface area contributed by atoms with Crippen LogP contribution in [0.2, 0.25) is 5.02 Å². The lowest BCUT2D eigenvalue weighted by Crippen LogP contribution is -2.26. The highest BCUT2D eigenvalue weighted by atomic mass is 35.5. The summed E-state index contributed by atoms with van der Waals surface area (Å²) in [6.45, 7) is -0.0230. The summed E-state index contributed by atoms with van der Waals surface area (Å²) in [5, 5.41) is 4.43. The number of nitrogens with zero attached hydrogens (tertiary/aromatic N) is 3. The van der Waals surface area contributed by atoms with Gasteiger partial charge in [-0.3, -0.25) is 0 Å². The Hall–Kier alpha value is -2.22. The van der Waals surface area contributed by atoms with Gasteiger partial charge in [-0.1, -0.05) is 47.1 Å². The van der Waals surface area contributed by atoms with Crippen LogP contribution in [0.15, 0.2) is 64.0 Å². The van der Waals surface area contributed by atoms with Crippen molar-refractivity contribution in [2.45, 2.75) is 11.4 Å². The Balaban J connectivity index is 1.80. The molecule has 2 aromatic carbocycles. The molecular formula is C16H14ClN3O3S. The number of rotatable bonds is 5. The molecule has 0 saturated heterocycles. The van der Waals surface area contributed by atoms with E-state index in [2.05, 4.69) is 10.1 Å². The van der Waals surface area contributed by atoms with Gasteiger partial charge in [-0.2, -0.15) is 9.29 Å². The standard InChI is InChI=1S/C16H14ClN3O3S/c1-20(24(21,22)14-8-3-2-4-9-14)11-15-18-16(19-23-15)12-6-5-7-13(17)10-12/h2-10H,11H2,1H3. The third-order valence-electron chi connectivity index (χ3n) is 3.36. The third-order valence-corrected chi connectivity index (χ3v) is 5.41. The summed E-state index contributed by atoms with van der Waals surface area (Å²) in [6, 6.07) is 15.2. The van der Waals surface area contributed by atoms with Gasteiger partial charge in [0.15, 0.2) is 0 Å². The molecule has 24 heavy (non-hydrogen) atoms. The Bertz CT molecular complexity index is 942. The Labute approximate surface area is 144 Å². The van der Waals surface area contributed by atoms with E-state index in [1.54, 1.807) is 42.5 Å². The smallest absolute Gasteiger partial charge is 0.243 e. The fourth-order valence-corrected chi connectivity index (χ4v) is 3.44. The molecule has 0 aliphatic carbocycles. The molecule has 1 aromatic heterocycles. The van der Waals surface area contributed by atoms with E-state index in [1.165, 1.54) is 19.2 Å². The fourth-order valence-electron chi connectivity index (χ4n) is 2.11. The summed E-state index contributed by atoms with van der Waals surface area (Å²) >= 11 is 5.94. The summed E-state index contributed by atoms with van der Waals surface area (Å²) < 4.78 is 31.3. The maximum Gasteiger partial charge on any atom is 0.243 e. The molecule has 0 unspecified atom stereocenters. The van der Waals surface area contributed by atoms with Crippen LogP contribution >= 0.6 is 11.6 Å². The minimum absolute atomic E-state index is 0.0230. The van der Waals surface area contributed by atoms with Crippen molar-refractivity contribution >= 4 is 21.6 Å². The first-order chi connectivity index (χ1) is 11.5. The maximum atomic E-state index is 12.5. The SMILES string of the molecule is CN(Cc1nc(-c2cccc(Cl)c2)no1)S(=O)(=O)c1ccccc1. The van der Waals surface area contributed by atoms with Gasteiger partial charge in [0, 0.05) is 17.6 Å². The van der Waals surface area contributed by atoms with Crippen molar-refractivity contribution in [2.75, 3.05) is 7.05 Å². The minimum Gasteiger partial charge on any atom is -0.338 e. The van der Waals surface area contributed by atoms with Gasteiger partial charge in [0.05, 0.1) is 11.4 Å². The molecule has 0 amide bonds. The second kappa shape index (κ2) is 6.72. The van der Waals surface area contributed by atoms with E-state index < -0.39 is 10.0 Å². The van der Waals surface area contributed by atoms with E-state index in [-0.39, 0.29) is 17.3 Å². The summed E-state index contributed by atoms with van der Waals surface area (Å²) in [7, 11) is -2.15. The first kappa shape index (κ1) is 16.6. The first-order valence-electron chi connectivity index (χ1n) is 7.07. The summed E-state index contributed by atoms with van der Waals surface area (Å²) in [4.78, 5) is 4.44.